The fourth-order valence-corrected chi connectivity index (χ4v) is 1.86. The van der Waals surface area contributed by atoms with Crippen molar-refractivity contribution in [2.24, 2.45) is 5.92 Å². The molecule has 2 rings (SSSR count). The molecule has 3 heteroatoms. The van der Waals surface area contributed by atoms with Gasteiger partial charge in [-0.15, -0.1) is 0 Å². The second-order valence-corrected chi connectivity index (χ2v) is 4.25. The normalized spacial score (nSPS) is 16.4. The van der Waals surface area contributed by atoms with Crippen molar-refractivity contribution in [3.63, 3.8) is 0 Å². The molecule has 1 aliphatic rings. The van der Waals surface area contributed by atoms with Crippen molar-refractivity contribution in [1.82, 2.24) is 4.98 Å². The van der Waals surface area contributed by atoms with Crippen LogP contribution in [0.15, 0.2) is 18.2 Å². The van der Waals surface area contributed by atoms with Crippen LogP contribution >= 0.6 is 11.6 Å². The highest BCUT2D eigenvalue weighted by molar-refractivity contribution is 6.29. The van der Waals surface area contributed by atoms with Crippen LogP contribution in [-0.4, -0.2) is 11.5 Å². The fourth-order valence-electron chi connectivity index (χ4n) is 1.69. The number of hydrogen-bond acceptors (Lipinski definition) is 2. The highest BCUT2D eigenvalue weighted by Crippen LogP contribution is 2.29. The Morgan fingerprint density at radius 3 is 2.93 bits per heavy atom. The second kappa shape index (κ2) is 4.65. The molecule has 1 fully saturated rings. The minimum atomic E-state index is 0.554. The minimum absolute atomic E-state index is 0.554. The summed E-state index contributed by atoms with van der Waals surface area (Å²) in [5, 5.41) is 3.84. The molecule has 0 spiro atoms. The van der Waals surface area contributed by atoms with Crippen molar-refractivity contribution in [3.8, 4) is 0 Å². The van der Waals surface area contributed by atoms with Gasteiger partial charge in [0, 0.05) is 6.54 Å². The van der Waals surface area contributed by atoms with E-state index in [0.29, 0.717) is 5.15 Å². The van der Waals surface area contributed by atoms with E-state index in [4.69, 9.17) is 11.6 Å². The molecule has 0 bridgehead atoms. The highest BCUT2D eigenvalue weighted by atomic mass is 35.5. The van der Waals surface area contributed by atoms with Gasteiger partial charge in [-0.25, -0.2) is 4.98 Å². The largest absolute Gasteiger partial charge is 0.370 e. The van der Waals surface area contributed by atoms with Crippen molar-refractivity contribution < 1.29 is 0 Å². The van der Waals surface area contributed by atoms with Crippen LogP contribution in [0.3, 0.4) is 0 Å². The standard InChI is InChI=1S/C11H15ClN2/c12-10-5-2-6-11(14-10)13-8-7-9-3-1-4-9/h2,5-6,9H,1,3-4,7-8H2,(H,13,14). The third-order valence-corrected chi connectivity index (χ3v) is 3.01. The average molecular weight is 211 g/mol. The molecule has 0 radical (unpaired) electrons. The quantitative estimate of drug-likeness (QED) is 0.772. The zero-order valence-corrected chi connectivity index (χ0v) is 8.93. The van der Waals surface area contributed by atoms with Crippen LogP contribution in [0, 0.1) is 5.92 Å². The maximum atomic E-state index is 5.77. The minimum Gasteiger partial charge on any atom is -0.370 e. The van der Waals surface area contributed by atoms with E-state index < -0.39 is 0 Å². The first-order valence-corrected chi connectivity index (χ1v) is 5.59. The number of rotatable bonds is 4. The van der Waals surface area contributed by atoms with Gasteiger partial charge in [0.05, 0.1) is 0 Å². The lowest BCUT2D eigenvalue weighted by molar-refractivity contribution is 0.303. The van der Waals surface area contributed by atoms with Crippen LogP contribution < -0.4 is 5.32 Å². The van der Waals surface area contributed by atoms with Crippen molar-refractivity contribution in [2.75, 3.05) is 11.9 Å². The Bertz CT molecular complexity index is 297. The predicted octanol–water partition coefficient (Wildman–Crippen LogP) is 3.34. The SMILES string of the molecule is Clc1cccc(NCCC2CCC2)n1. The van der Waals surface area contributed by atoms with E-state index >= 15 is 0 Å². The van der Waals surface area contributed by atoms with E-state index in [2.05, 4.69) is 10.3 Å². The zero-order chi connectivity index (χ0) is 9.80. The van der Waals surface area contributed by atoms with Gasteiger partial charge >= 0.3 is 0 Å². The Balaban J connectivity index is 1.74. The topological polar surface area (TPSA) is 24.9 Å². The summed E-state index contributed by atoms with van der Waals surface area (Å²) < 4.78 is 0. The first-order valence-electron chi connectivity index (χ1n) is 5.21. The fraction of sp³-hybridized carbons (Fsp3) is 0.545. The summed E-state index contributed by atoms with van der Waals surface area (Å²) in [6.07, 6.45) is 5.49. The molecule has 1 saturated carbocycles. The van der Waals surface area contributed by atoms with Crippen LogP contribution in [0.5, 0.6) is 0 Å². The maximum Gasteiger partial charge on any atom is 0.131 e. The molecular weight excluding hydrogens is 196 g/mol. The van der Waals surface area contributed by atoms with Gasteiger partial charge in [-0.1, -0.05) is 36.9 Å². The molecule has 14 heavy (non-hydrogen) atoms. The van der Waals surface area contributed by atoms with Gasteiger partial charge < -0.3 is 5.32 Å². The van der Waals surface area contributed by atoms with E-state index in [9.17, 15) is 0 Å². The Labute approximate surface area is 89.7 Å². The average Bonchev–Trinajstić information content (AvgIpc) is 2.09. The lowest BCUT2D eigenvalue weighted by Gasteiger charge is -2.25. The van der Waals surface area contributed by atoms with Crippen molar-refractivity contribution in [1.29, 1.82) is 0 Å². The van der Waals surface area contributed by atoms with E-state index in [1.165, 1.54) is 25.7 Å². The van der Waals surface area contributed by atoms with Crippen molar-refractivity contribution in [2.45, 2.75) is 25.7 Å². The Morgan fingerprint density at radius 1 is 1.43 bits per heavy atom. The van der Waals surface area contributed by atoms with Crippen molar-refractivity contribution in [3.05, 3.63) is 23.4 Å². The Morgan fingerprint density at radius 2 is 2.29 bits per heavy atom. The molecule has 1 heterocycles. The number of nitrogens with one attached hydrogen (secondary N) is 1. The third-order valence-electron chi connectivity index (χ3n) is 2.80. The first-order chi connectivity index (χ1) is 6.84. The van der Waals surface area contributed by atoms with Crippen LogP contribution in [-0.2, 0) is 0 Å². The number of pyridine rings is 1. The summed E-state index contributed by atoms with van der Waals surface area (Å²) in [6.45, 7) is 1.01. The molecule has 1 aliphatic carbocycles. The molecule has 1 aromatic heterocycles. The highest BCUT2D eigenvalue weighted by Gasteiger charge is 2.16. The lowest BCUT2D eigenvalue weighted by atomic mass is 9.83. The second-order valence-electron chi connectivity index (χ2n) is 3.86. The summed E-state index contributed by atoms with van der Waals surface area (Å²) in [4.78, 5) is 4.17. The number of nitrogens with zero attached hydrogens (tertiary/aromatic N) is 1. The van der Waals surface area contributed by atoms with Crippen molar-refractivity contribution >= 4 is 17.4 Å². The molecule has 1 aromatic rings. The molecule has 1 N–H and O–H groups in total. The van der Waals surface area contributed by atoms with E-state index in [0.717, 1.165) is 18.3 Å². The van der Waals surface area contributed by atoms with Crippen LogP contribution in [0.2, 0.25) is 5.15 Å². The molecule has 0 unspecified atom stereocenters. The molecule has 0 amide bonds. The monoisotopic (exact) mass is 210 g/mol. The maximum absolute atomic E-state index is 5.77. The zero-order valence-electron chi connectivity index (χ0n) is 8.17. The molecule has 0 aromatic carbocycles. The number of hydrogen-bond donors (Lipinski definition) is 1. The van der Waals surface area contributed by atoms with Crippen LogP contribution in [0.25, 0.3) is 0 Å². The van der Waals surface area contributed by atoms with E-state index in [-0.39, 0.29) is 0 Å². The molecule has 0 aliphatic heterocycles. The Kier molecular flexibility index (Phi) is 3.25. The summed E-state index contributed by atoms with van der Waals surface area (Å²) in [5.41, 5.74) is 0. The summed E-state index contributed by atoms with van der Waals surface area (Å²) in [7, 11) is 0. The summed E-state index contributed by atoms with van der Waals surface area (Å²) in [5.74, 6) is 1.83. The molecular formula is C11H15ClN2. The number of anilines is 1. The van der Waals surface area contributed by atoms with Gasteiger partial charge in [-0.3, -0.25) is 0 Å². The van der Waals surface area contributed by atoms with Gasteiger partial charge in [0.1, 0.15) is 11.0 Å². The first kappa shape index (κ1) is 9.78. The third kappa shape index (κ3) is 2.61. The molecule has 0 saturated heterocycles. The van der Waals surface area contributed by atoms with Crippen LogP contribution in [0.4, 0.5) is 5.82 Å². The van der Waals surface area contributed by atoms with Gasteiger partial charge in [0.2, 0.25) is 0 Å². The van der Waals surface area contributed by atoms with E-state index in [1.54, 1.807) is 6.07 Å². The molecule has 2 nitrogen and oxygen atoms in total. The van der Waals surface area contributed by atoms with Gasteiger partial charge in [-0.05, 0) is 24.5 Å². The van der Waals surface area contributed by atoms with Gasteiger partial charge in [-0.2, -0.15) is 0 Å². The number of aromatic nitrogens is 1. The smallest absolute Gasteiger partial charge is 0.131 e. The molecule has 0 atom stereocenters. The molecule has 76 valence electrons. The lowest BCUT2D eigenvalue weighted by Crippen LogP contribution is -2.15. The Hall–Kier alpha value is -0.760. The summed E-state index contributed by atoms with van der Waals surface area (Å²) in [6, 6.07) is 5.66. The van der Waals surface area contributed by atoms with E-state index in [1.807, 2.05) is 12.1 Å². The van der Waals surface area contributed by atoms with Gasteiger partial charge in [0.15, 0.2) is 0 Å². The number of halogens is 1. The van der Waals surface area contributed by atoms with Gasteiger partial charge in [0.25, 0.3) is 0 Å². The predicted molar refractivity (Wildman–Crippen MR) is 59.7 cm³/mol. The summed E-state index contributed by atoms with van der Waals surface area (Å²) >= 11 is 5.77. The van der Waals surface area contributed by atoms with Crippen LogP contribution in [0.1, 0.15) is 25.7 Å².